The van der Waals surface area contributed by atoms with Gasteiger partial charge in [0.25, 0.3) is 0 Å². The lowest BCUT2D eigenvalue weighted by Crippen LogP contribution is -2.46. The van der Waals surface area contributed by atoms with Gasteiger partial charge in [0.1, 0.15) is 11.4 Å². The van der Waals surface area contributed by atoms with Crippen molar-refractivity contribution in [3.05, 3.63) is 0 Å². The first-order valence-corrected chi connectivity index (χ1v) is 8.82. The zero-order chi connectivity index (χ0) is 15.9. The summed E-state index contributed by atoms with van der Waals surface area (Å²) in [6, 6.07) is 0. The molecule has 2 bridgehead atoms. The third kappa shape index (κ3) is 3.47. The minimum absolute atomic E-state index is 0.0330. The molecule has 1 saturated heterocycles. The molecule has 0 aromatic carbocycles. The van der Waals surface area contributed by atoms with Crippen LogP contribution in [0.1, 0.15) is 59.3 Å². The van der Waals surface area contributed by atoms with E-state index in [2.05, 4.69) is 0 Å². The van der Waals surface area contributed by atoms with E-state index < -0.39 is 5.60 Å². The minimum atomic E-state index is -0.474. The summed E-state index contributed by atoms with van der Waals surface area (Å²) in [7, 11) is 0. The van der Waals surface area contributed by atoms with Gasteiger partial charge in [-0.15, -0.1) is 0 Å². The topological polar surface area (TPSA) is 46.6 Å². The Labute approximate surface area is 133 Å². The number of ketones is 1. The second-order valence-corrected chi connectivity index (χ2v) is 8.51. The fourth-order valence-electron chi connectivity index (χ4n) is 4.64. The SMILES string of the molecule is CC(C)(C)OC(=O)N1CCC(=O)C(CC2CC3CCC2C3)C1. The van der Waals surface area contributed by atoms with Crippen molar-refractivity contribution in [1.29, 1.82) is 0 Å². The lowest BCUT2D eigenvalue weighted by atomic mass is 9.79. The summed E-state index contributed by atoms with van der Waals surface area (Å²) in [5.41, 5.74) is -0.474. The summed E-state index contributed by atoms with van der Waals surface area (Å²) in [5.74, 6) is 2.85. The van der Waals surface area contributed by atoms with Gasteiger partial charge < -0.3 is 9.64 Å². The molecule has 0 aromatic heterocycles. The van der Waals surface area contributed by atoms with E-state index in [1.807, 2.05) is 20.8 Å². The third-order valence-corrected chi connectivity index (χ3v) is 5.65. The largest absolute Gasteiger partial charge is 0.444 e. The molecule has 1 aliphatic heterocycles. The zero-order valence-corrected chi connectivity index (χ0v) is 14.1. The molecule has 0 radical (unpaired) electrons. The Bertz CT molecular complexity index is 454. The van der Waals surface area contributed by atoms with Crippen molar-refractivity contribution in [3.8, 4) is 0 Å². The van der Waals surface area contributed by atoms with Crippen molar-refractivity contribution in [2.24, 2.45) is 23.7 Å². The highest BCUT2D eigenvalue weighted by molar-refractivity contribution is 5.84. The smallest absolute Gasteiger partial charge is 0.410 e. The molecule has 124 valence electrons. The molecular weight excluding hydrogens is 278 g/mol. The van der Waals surface area contributed by atoms with E-state index in [4.69, 9.17) is 4.74 Å². The quantitative estimate of drug-likeness (QED) is 0.782. The van der Waals surface area contributed by atoms with Gasteiger partial charge in [-0.05, 0) is 64.2 Å². The standard InChI is InChI=1S/C18H29NO3/c1-18(2,3)22-17(21)19-7-6-16(20)15(11-19)10-14-9-12-4-5-13(14)8-12/h12-15H,4-11H2,1-3H3. The number of amides is 1. The van der Waals surface area contributed by atoms with Gasteiger partial charge in [-0.3, -0.25) is 4.79 Å². The number of rotatable bonds is 2. The van der Waals surface area contributed by atoms with E-state index in [0.717, 1.165) is 18.3 Å². The Hall–Kier alpha value is -1.06. The number of carbonyl (C=O) groups is 2. The van der Waals surface area contributed by atoms with Crippen molar-refractivity contribution in [3.63, 3.8) is 0 Å². The van der Waals surface area contributed by atoms with Crippen LogP contribution in [0.2, 0.25) is 0 Å². The molecule has 3 aliphatic rings. The van der Waals surface area contributed by atoms with Crippen molar-refractivity contribution in [1.82, 2.24) is 4.90 Å². The molecular formula is C18H29NO3. The molecule has 4 nitrogen and oxygen atoms in total. The van der Waals surface area contributed by atoms with Crippen LogP contribution in [0.3, 0.4) is 0 Å². The Balaban J connectivity index is 1.57. The fraction of sp³-hybridized carbons (Fsp3) is 0.889. The van der Waals surface area contributed by atoms with Gasteiger partial charge in [-0.1, -0.05) is 6.42 Å². The van der Waals surface area contributed by atoms with Crippen LogP contribution in [0.15, 0.2) is 0 Å². The van der Waals surface area contributed by atoms with Gasteiger partial charge in [0.2, 0.25) is 0 Å². The summed E-state index contributed by atoms with van der Waals surface area (Å²) in [4.78, 5) is 26.2. The Morgan fingerprint density at radius 3 is 2.64 bits per heavy atom. The molecule has 3 fully saturated rings. The molecule has 2 aliphatic carbocycles. The summed E-state index contributed by atoms with van der Waals surface area (Å²) in [5, 5.41) is 0. The predicted molar refractivity (Wildman–Crippen MR) is 84.5 cm³/mol. The summed E-state index contributed by atoms with van der Waals surface area (Å²) in [6.07, 6.45) is 6.64. The van der Waals surface area contributed by atoms with Crippen LogP contribution in [0.25, 0.3) is 0 Å². The van der Waals surface area contributed by atoms with E-state index in [1.54, 1.807) is 4.90 Å². The highest BCUT2D eigenvalue weighted by Gasteiger charge is 2.42. The highest BCUT2D eigenvalue weighted by atomic mass is 16.6. The van der Waals surface area contributed by atoms with Gasteiger partial charge in [-0.25, -0.2) is 4.79 Å². The van der Waals surface area contributed by atoms with E-state index in [9.17, 15) is 9.59 Å². The van der Waals surface area contributed by atoms with Crippen LogP contribution < -0.4 is 0 Å². The average molecular weight is 307 g/mol. The number of hydrogen-bond acceptors (Lipinski definition) is 3. The molecule has 0 aromatic rings. The molecule has 4 unspecified atom stereocenters. The molecule has 4 atom stereocenters. The van der Waals surface area contributed by atoms with Crippen LogP contribution in [0.5, 0.6) is 0 Å². The predicted octanol–water partition coefficient (Wildman–Crippen LogP) is 3.64. The first-order valence-electron chi connectivity index (χ1n) is 8.82. The summed E-state index contributed by atoms with van der Waals surface area (Å²) < 4.78 is 5.46. The third-order valence-electron chi connectivity index (χ3n) is 5.65. The lowest BCUT2D eigenvalue weighted by Gasteiger charge is -2.35. The number of ether oxygens (including phenoxy) is 1. The summed E-state index contributed by atoms with van der Waals surface area (Å²) in [6.45, 7) is 6.72. The van der Waals surface area contributed by atoms with Crippen molar-refractivity contribution in [2.75, 3.05) is 13.1 Å². The van der Waals surface area contributed by atoms with Crippen molar-refractivity contribution in [2.45, 2.75) is 64.9 Å². The lowest BCUT2D eigenvalue weighted by molar-refractivity contribution is -0.126. The van der Waals surface area contributed by atoms with E-state index in [-0.39, 0.29) is 12.0 Å². The van der Waals surface area contributed by atoms with Crippen LogP contribution in [-0.2, 0) is 9.53 Å². The maximum atomic E-state index is 12.3. The molecule has 2 saturated carbocycles. The first-order chi connectivity index (χ1) is 10.3. The van der Waals surface area contributed by atoms with E-state index in [0.29, 0.717) is 31.2 Å². The monoisotopic (exact) mass is 307 g/mol. The molecule has 0 N–H and O–H groups in total. The number of carbonyl (C=O) groups excluding carboxylic acids is 2. The molecule has 22 heavy (non-hydrogen) atoms. The average Bonchev–Trinajstić information content (AvgIpc) is 3.01. The van der Waals surface area contributed by atoms with E-state index in [1.165, 1.54) is 25.7 Å². The number of fused-ring (bicyclic) bond motifs is 2. The molecule has 4 heteroatoms. The number of nitrogens with zero attached hydrogens (tertiary/aromatic N) is 1. The second kappa shape index (κ2) is 5.86. The minimum Gasteiger partial charge on any atom is -0.444 e. The number of piperidine rings is 1. The van der Waals surface area contributed by atoms with Gasteiger partial charge >= 0.3 is 6.09 Å². The van der Waals surface area contributed by atoms with Gasteiger partial charge in [0.15, 0.2) is 0 Å². The maximum Gasteiger partial charge on any atom is 0.410 e. The van der Waals surface area contributed by atoms with Gasteiger partial charge in [0.05, 0.1) is 0 Å². The molecule has 0 spiro atoms. The second-order valence-electron chi connectivity index (χ2n) is 8.51. The highest BCUT2D eigenvalue weighted by Crippen LogP contribution is 2.50. The summed E-state index contributed by atoms with van der Waals surface area (Å²) >= 11 is 0. The molecule has 1 heterocycles. The Morgan fingerprint density at radius 2 is 2.05 bits per heavy atom. The van der Waals surface area contributed by atoms with E-state index >= 15 is 0 Å². The maximum absolute atomic E-state index is 12.3. The molecule has 1 amide bonds. The van der Waals surface area contributed by atoms with Crippen LogP contribution in [0, 0.1) is 23.7 Å². The van der Waals surface area contributed by atoms with Crippen molar-refractivity contribution >= 4 is 11.9 Å². The van der Waals surface area contributed by atoms with Crippen LogP contribution in [0.4, 0.5) is 4.79 Å². The fourth-order valence-corrected chi connectivity index (χ4v) is 4.64. The zero-order valence-electron chi connectivity index (χ0n) is 14.1. The number of hydrogen-bond donors (Lipinski definition) is 0. The van der Waals surface area contributed by atoms with Crippen LogP contribution in [-0.4, -0.2) is 35.5 Å². The first kappa shape index (κ1) is 15.8. The number of likely N-dealkylation sites (tertiary alicyclic amines) is 1. The molecule has 3 rings (SSSR count). The van der Waals surface area contributed by atoms with Gasteiger partial charge in [-0.2, -0.15) is 0 Å². The van der Waals surface area contributed by atoms with Crippen molar-refractivity contribution < 1.29 is 14.3 Å². The Kier molecular flexibility index (Phi) is 4.21. The Morgan fingerprint density at radius 1 is 1.27 bits per heavy atom. The number of Topliss-reactive ketones (excluding diaryl/α,β-unsaturated/α-hetero) is 1. The normalized spacial score (nSPS) is 35.0. The van der Waals surface area contributed by atoms with Gasteiger partial charge in [0, 0.05) is 25.4 Å². The van der Waals surface area contributed by atoms with Crippen LogP contribution >= 0.6 is 0 Å².